The number of methoxy groups -OCH3 is 1. The van der Waals surface area contributed by atoms with Crippen molar-refractivity contribution < 1.29 is 24.2 Å². The van der Waals surface area contributed by atoms with E-state index in [-0.39, 0.29) is 30.2 Å². The van der Waals surface area contributed by atoms with Crippen molar-refractivity contribution in [3.8, 4) is 11.5 Å². The van der Waals surface area contributed by atoms with Crippen LogP contribution < -0.4 is 9.47 Å². The Kier molecular flexibility index (Phi) is 8.28. The van der Waals surface area contributed by atoms with Crippen molar-refractivity contribution in [2.45, 2.75) is 46.4 Å². The van der Waals surface area contributed by atoms with Crippen LogP contribution in [0.4, 0.5) is 0 Å². The fraction of sp³-hybridized carbons (Fsp3) is 0.320. The Morgan fingerprint density at radius 1 is 1.21 bits per heavy atom. The SMILES string of the molecule is COc1cc(/C=C2/SC(=NC(C)C)N(C(C)C)C2=O)cc(Cl)c1OCc1ccc(C(=O)O)cc1. The lowest BCUT2D eigenvalue weighted by atomic mass is 10.1. The van der Waals surface area contributed by atoms with Gasteiger partial charge in [0.1, 0.15) is 6.61 Å². The number of carbonyl (C=O) groups excluding carboxylic acids is 1. The molecule has 0 bridgehead atoms. The van der Waals surface area contributed by atoms with E-state index in [2.05, 4.69) is 4.99 Å². The molecule has 1 aliphatic heterocycles. The number of halogens is 1. The Balaban J connectivity index is 1.84. The van der Waals surface area contributed by atoms with Gasteiger partial charge in [0, 0.05) is 12.1 Å². The van der Waals surface area contributed by atoms with Gasteiger partial charge in [0.25, 0.3) is 5.91 Å². The molecule has 0 radical (unpaired) electrons. The maximum atomic E-state index is 13.0. The lowest BCUT2D eigenvalue weighted by Crippen LogP contribution is -2.35. The molecular weight excluding hydrogens is 476 g/mol. The van der Waals surface area contributed by atoms with Gasteiger partial charge in [0.2, 0.25) is 0 Å². The van der Waals surface area contributed by atoms with Crippen LogP contribution in [0.25, 0.3) is 6.08 Å². The summed E-state index contributed by atoms with van der Waals surface area (Å²) in [6, 6.07) is 9.93. The quantitative estimate of drug-likeness (QED) is 0.465. The minimum absolute atomic E-state index is 0.0122. The third-order valence-electron chi connectivity index (χ3n) is 4.86. The molecule has 1 amide bonds. The minimum Gasteiger partial charge on any atom is -0.493 e. The second-order valence-electron chi connectivity index (χ2n) is 8.21. The predicted molar refractivity (Wildman–Crippen MR) is 136 cm³/mol. The summed E-state index contributed by atoms with van der Waals surface area (Å²) < 4.78 is 11.4. The van der Waals surface area contributed by atoms with Crippen molar-refractivity contribution >= 4 is 46.5 Å². The number of amidine groups is 1. The highest BCUT2D eigenvalue weighted by atomic mass is 35.5. The van der Waals surface area contributed by atoms with Crippen molar-refractivity contribution in [3.05, 3.63) is 63.0 Å². The Morgan fingerprint density at radius 2 is 1.88 bits per heavy atom. The molecule has 1 saturated heterocycles. The Morgan fingerprint density at radius 3 is 2.44 bits per heavy atom. The maximum Gasteiger partial charge on any atom is 0.335 e. The second-order valence-corrected chi connectivity index (χ2v) is 9.63. The largest absolute Gasteiger partial charge is 0.493 e. The monoisotopic (exact) mass is 502 g/mol. The molecule has 180 valence electrons. The van der Waals surface area contributed by atoms with Gasteiger partial charge in [-0.25, -0.2) is 4.79 Å². The molecular formula is C25H27ClN2O5S. The van der Waals surface area contributed by atoms with Crippen LogP contribution in [0.15, 0.2) is 46.3 Å². The topological polar surface area (TPSA) is 88.4 Å². The van der Waals surface area contributed by atoms with Gasteiger partial charge in [-0.05, 0) is 80.9 Å². The number of carboxylic acid groups (broad SMARTS) is 1. The van der Waals surface area contributed by atoms with E-state index in [0.29, 0.717) is 32.2 Å². The number of ether oxygens (including phenoxy) is 2. The summed E-state index contributed by atoms with van der Waals surface area (Å²) in [5, 5.41) is 10.0. The molecule has 1 fully saturated rings. The Bertz CT molecular complexity index is 1140. The lowest BCUT2D eigenvalue weighted by Gasteiger charge is -2.20. The molecule has 2 aromatic rings. The zero-order valence-electron chi connectivity index (χ0n) is 19.7. The van der Waals surface area contributed by atoms with E-state index in [1.54, 1.807) is 35.2 Å². The van der Waals surface area contributed by atoms with E-state index in [1.165, 1.54) is 31.0 Å². The molecule has 1 N–H and O–H groups in total. The number of thioether (sulfide) groups is 1. The standard InChI is InChI=1S/C25H27ClN2O5S/c1-14(2)27-25-28(15(3)4)23(29)21(34-25)12-17-10-19(26)22(20(11-17)32-5)33-13-16-6-8-18(9-7-16)24(30)31/h6-12,14-15H,13H2,1-5H3,(H,30,31)/b21-12+,27-25?. The molecule has 0 unspecified atom stereocenters. The molecule has 0 saturated carbocycles. The molecule has 0 atom stereocenters. The molecule has 34 heavy (non-hydrogen) atoms. The molecule has 0 aliphatic carbocycles. The van der Waals surface area contributed by atoms with Crippen LogP contribution in [-0.2, 0) is 11.4 Å². The summed E-state index contributed by atoms with van der Waals surface area (Å²) in [6.07, 6.45) is 1.77. The van der Waals surface area contributed by atoms with Gasteiger partial charge < -0.3 is 14.6 Å². The molecule has 0 aromatic heterocycles. The number of amides is 1. The zero-order valence-corrected chi connectivity index (χ0v) is 21.2. The number of nitrogens with zero attached hydrogens (tertiary/aromatic N) is 2. The van der Waals surface area contributed by atoms with Crippen molar-refractivity contribution in [1.82, 2.24) is 4.90 Å². The molecule has 7 nitrogen and oxygen atoms in total. The van der Waals surface area contributed by atoms with Gasteiger partial charge in [0.15, 0.2) is 16.7 Å². The third-order valence-corrected chi connectivity index (χ3v) is 6.13. The zero-order chi connectivity index (χ0) is 25.0. The molecule has 3 rings (SSSR count). The summed E-state index contributed by atoms with van der Waals surface area (Å²) in [6.45, 7) is 8.05. The summed E-state index contributed by atoms with van der Waals surface area (Å²) in [4.78, 5) is 30.9. The Hall–Kier alpha value is -2.97. The van der Waals surface area contributed by atoms with Crippen LogP contribution >= 0.6 is 23.4 Å². The number of rotatable bonds is 8. The number of carboxylic acids is 1. The van der Waals surface area contributed by atoms with Gasteiger partial charge in [-0.1, -0.05) is 23.7 Å². The third kappa shape index (κ3) is 5.93. The van der Waals surface area contributed by atoms with E-state index < -0.39 is 5.97 Å². The first kappa shape index (κ1) is 25.6. The van der Waals surface area contributed by atoms with Crippen molar-refractivity contribution in [2.75, 3.05) is 7.11 Å². The highest BCUT2D eigenvalue weighted by Gasteiger charge is 2.35. The van der Waals surface area contributed by atoms with Crippen LogP contribution in [0.1, 0.15) is 49.2 Å². The first-order valence-electron chi connectivity index (χ1n) is 10.7. The fourth-order valence-electron chi connectivity index (χ4n) is 3.27. The maximum absolute atomic E-state index is 13.0. The average Bonchev–Trinajstić information content (AvgIpc) is 3.06. The van der Waals surface area contributed by atoms with Crippen LogP contribution in [0.3, 0.4) is 0 Å². The van der Waals surface area contributed by atoms with Crippen LogP contribution in [0.2, 0.25) is 5.02 Å². The van der Waals surface area contributed by atoms with Gasteiger partial charge in [-0.2, -0.15) is 0 Å². The van der Waals surface area contributed by atoms with Crippen molar-refractivity contribution in [3.63, 3.8) is 0 Å². The van der Waals surface area contributed by atoms with E-state index in [4.69, 9.17) is 26.2 Å². The number of aromatic carboxylic acids is 1. The first-order valence-corrected chi connectivity index (χ1v) is 11.9. The summed E-state index contributed by atoms with van der Waals surface area (Å²) in [5.41, 5.74) is 1.69. The number of hydrogen-bond acceptors (Lipinski definition) is 6. The molecule has 0 spiro atoms. The fourth-order valence-corrected chi connectivity index (χ4v) is 4.77. The predicted octanol–water partition coefficient (Wildman–Crippen LogP) is 5.71. The van der Waals surface area contributed by atoms with Crippen LogP contribution in [0, 0.1) is 0 Å². The Labute approximate surface area is 208 Å². The number of benzene rings is 2. The number of aliphatic imine (C=N–C) groups is 1. The molecule has 2 aromatic carbocycles. The average molecular weight is 503 g/mol. The highest BCUT2D eigenvalue weighted by molar-refractivity contribution is 8.18. The van der Waals surface area contributed by atoms with E-state index in [9.17, 15) is 9.59 Å². The molecule has 9 heteroatoms. The van der Waals surface area contributed by atoms with Gasteiger partial charge in [-0.15, -0.1) is 0 Å². The van der Waals surface area contributed by atoms with Gasteiger partial charge >= 0.3 is 5.97 Å². The van der Waals surface area contributed by atoms with Gasteiger partial charge in [0.05, 0.1) is 22.6 Å². The first-order chi connectivity index (χ1) is 16.1. The van der Waals surface area contributed by atoms with Crippen molar-refractivity contribution in [1.29, 1.82) is 0 Å². The van der Waals surface area contributed by atoms with Crippen LogP contribution in [-0.4, -0.2) is 46.2 Å². The molecule has 1 aliphatic rings. The molecule has 1 heterocycles. The second kappa shape index (κ2) is 11.0. The van der Waals surface area contributed by atoms with E-state index in [0.717, 1.165) is 5.56 Å². The van der Waals surface area contributed by atoms with E-state index in [1.807, 2.05) is 27.7 Å². The van der Waals surface area contributed by atoms with Crippen LogP contribution in [0.5, 0.6) is 11.5 Å². The van der Waals surface area contributed by atoms with Gasteiger partial charge in [-0.3, -0.25) is 14.7 Å². The van der Waals surface area contributed by atoms with Crippen molar-refractivity contribution in [2.24, 2.45) is 4.99 Å². The summed E-state index contributed by atoms with van der Waals surface area (Å²) in [7, 11) is 1.51. The smallest absolute Gasteiger partial charge is 0.335 e. The number of hydrogen-bond donors (Lipinski definition) is 1. The normalized spacial score (nSPS) is 16.2. The highest BCUT2D eigenvalue weighted by Crippen LogP contribution is 2.39. The van der Waals surface area contributed by atoms with E-state index >= 15 is 0 Å². The lowest BCUT2D eigenvalue weighted by molar-refractivity contribution is -0.123. The number of carbonyl (C=O) groups is 2. The summed E-state index contributed by atoms with van der Waals surface area (Å²) >= 11 is 7.85. The summed E-state index contributed by atoms with van der Waals surface area (Å²) in [5.74, 6) is -0.293. The minimum atomic E-state index is -0.986.